The number of nitrogens with two attached hydrogens (primary N) is 1. The zero-order valence-corrected chi connectivity index (χ0v) is 10.9. The quantitative estimate of drug-likeness (QED) is 0.837. The highest BCUT2D eigenvalue weighted by molar-refractivity contribution is 6.31. The lowest BCUT2D eigenvalue weighted by Gasteiger charge is -2.21. The molecular weight excluding hydrogens is 242 g/mol. The van der Waals surface area contributed by atoms with Crippen LogP contribution in [-0.4, -0.2) is 25.2 Å². The standard InChI is InChI=1S/C12H16ClNO3/c1-8-6-9(4-5-10(8)13)17-7-12(2,14)11(15)16-3/h4-6H,7,14H2,1-3H3. The lowest BCUT2D eigenvalue weighted by Crippen LogP contribution is -2.50. The molecule has 0 bridgehead atoms. The van der Waals surface area contributed by atoms with Crippen molar-refractivity contribution in [2.45, 2.75) is 19.4 Å². The molecule has 0 fully saturated rings. The smallest absolute Gasteiger partial charge is 0.329 e. The topological polar surface area (TPSA) is 61.5 Å². The van der Waals surface area contributed by atoms with Crippen LogP contribution in [0.5, 0.6) is 5.75 Å². The van der Waals surface area contributed by atoms with E-state index in [1.165, 1.54) is 7.11 Å². The molecule has 0 heterocycles. The highest BCUT2D eigenvalue weighted by Gasteiger charge is 2.30. The molecule has 94 valence electrons. The maximum Gasteiger partial charge on any atom is 0.329 e. The number of halogens is 1. The molecule has 0 spiro atoms. The van der Waals surface area contributed by atoms with Gasteiger partial charge in [-0.2, -0.15) is 0 Å². The average molecular weight is 258 g/mol. The van der Waals surface area contributed by atoms with Crippen LogP contribution in [0.25, 0.3) is 0 Å². The van der Waals surface area contributed by atoms with Gasteiger partial charge >= 0.3 is 5.97 Å². The number of aryl methyl sites for hydroxylation is 1. The van der Waals surface area contributed by atoms with Crippen LogP contribution in [0, 0.1) is 6.92 Å². The van der Waals surface area contributed by atoms with E-state index in [0.717, 1.165) is 5.56 Å². The molecule has 17 heavy (non-hydrogen) atoms. The van der Waals surface area contributed by atoms with Gasteiger partial charge in [-0.1, -0.05) is 11.6 Å². The zero-order chi connectivity index (χ0) is 13.1. The van der Waals surface area contributed by atoms with Gasteiger partial charge in [0.2, 0.25) is 0 Å². The van der Waals surface area contributed by atoms with E-state index < -0.39 is 11.5 Å². The van der Waals surface area contributed by atoms with Crippen LogP contribution >= 0.6 is 11.6 Å². The van der Waals surface area contributed by atoms with E-state index in [9.17, 15) is 4.79 Å². The second-order valence-corrected chi connectivity index (χ2v) is 4.52. The van der Waals surface area contributed by atoms with Crippen molar-refractivity contribution in [2.24, 2.45) is 5.73 Å². The first-order valence-corrected chi connectivity index (χ1v) is 5.51. The van der Waals surface area contributed by atoms with E-state index in [4.69, 9.17) is 22.1 Å². The number of ether oxygens (including phenoxy) is 2. The Morgan fingerprint density at radius 1 is 1.53 bits per heavy atom. The molecule has 1 atom stereocenters. The van der Waals surface area contributed by atoms with Gasteiger partial charge in [0.05, 0.1) is 7.11 Å². The number of hydrogen-bond acceptors (Lipinski definition) is 4. The third kappa shape index (κ3) is 3.61. The van der Waals surface area contributed by atoms with Crippen molar-refractivity contribution in [2.75, 3.05) is 13.7 Å². The molecular formula is C12H16ClNO3. The highest BCUT2D eigenvalue weighted by Crippen LogP contribution is 2.21. The monoisotopic (exact) mass is 257 g/mol. The summed E-state index contributed by atoms with van der Waals surface area (Å²) in [5, 5.41) is 0.667. The van der Waals surface area contributed by atoms with Crippen molar-refractivity contribution in [1.29, 1.82) is 0 Å². The first kappa shape index (κ1) is 13.8. The molecule has 0 aliphatic heterocycles. The molecule has 2 N–H and O–H groups in total. The van der Waals surface area contributed by atoms with Gasteiger partial charge in [0.1, 0.15) is 17.9 Å². The minimum atomic E-state index is -1.16. The SMILES string of the molecule is COC(=O)C(C)(N)COc1ccc(Cl)c(C)c1. The maximum atomic E-state index is 11.3. The van der Waals surface area contributed by atoms with Gasteiger partial charge in [0.15, 0.2) is 0 Å². The van der Waals surface area contributed by atoms with E-state index in [2.05, 4.69) is 4.74 Å². The summed E-state index contributed by atoms with van der Waals surface area (Å²) in [6.07, 6.45) is 0. The van der Waals surface area contributed by atoms with E-state index in [0.29, 0.717) is 10.8 Å². The Kier molecular flexibility index (Phi) is 4.37. The van der Waals surface area contributed by atoms with Crippen molar-refractivity contribution >= 4 is 17.6 Å². The number of carbonyl (C=O) groups is 1. The highest BCUT2D eigenvalue weighted by atomic mass is 35.5. The zero-order valence-electron chi connectivity index (χ0n) is 10.1. The van der Waals surface area contributed by atoms with Crippen molar-refractivity contribution in [3.63, 3.8) is 0 Å². The molecule has 0 saturated heterocycles. The fourth-order valence-electron chi connectivity index (χ4n) is 1.23. The third-order valence-electron chi connectivity index (χ3n) is 2.32. The van der Waals surface area contributed by atoms with Crippen LogP contribution in [0.2, 0.25) is 5.02 Å². The molecule has 0 aliphatic rings. The molecule has 1 aromatic carbocycles. The van der Waals surface area contributed by atoms with E-state index >= 15 is 0 Å². The second-order valence-electron chi connectivity index (χ2n) is 4.11. The normalized spacial score (nSPS) is 13.9. The van der Waals surface area contributed by atoms with Gasteiger partial charge in [-0.15, -0.1) is 0 Å². The Bertz CT molecular complexity index is 418. The summed E-state index contributed by atoms with van der Waals surface area (Å²) in [4.78, 5) is 11.3. The van der Waals surface area contributed by atoms with E-state index in [1.807, 2.05) is 6.92 Å². The number of carbonyl (C=O) groups excluding carboxylic acids is 1. The molecule has 0 saturated carbocycles. The Labute approximate surface area is 106 Å². The summed E-state index contributed by atoms with van der Waals surface area (Å²) in [5.74, 6) is 0.107. The first-order chi connectivity index (χ1) is 7.86. The molecule has 0 aromatic heterocycles. The molecule has 0 radical (unpaired) electrons. The summed E-state index contributed by atoms with van der Waals surface area (Å²) in [6, 6.07) is 5.25. The molecule has 0 amide bonds. The second kappa shape index (κ2) is 5.38. The van der Waals surface area contributed by atoms with Crippen molar-refractivity contribution in [1.82, 2.24) is 0 Å². The Morgan fingerprint density at radius 3 is 2.71 bits per heavy atom. The molecule has 1 unspecified atom stereocenters. The summed E-state index contributed by atoms with van der Waals surface area (Å²) in [7, 11) is 1.29. The van der Waals surface area contributed by atoms with Crippen LogP contribution < -0.4 is 10.5 Å². The lowest BCUT2D eigenvalue weighted by atomic mass is 10.1. The average Bonchev–Trinajstić information content (AvgIpc) is 2.29. The van der Waals surface area contributed by atoms with E-state index in [1.54, 1.807) is 25.1 Å². The summed E-state index contributed by atoms with van der Waals surface area (Å²) >= 11 is 5.89. The van der Waals surface area contributed by atoms with Crippen LogP contribution in [0.15, 0.2) is 18.2 Å². The fourth-order valence-corrected chi connectivity index (χ4v) is 1.35. The maximum absolute atomic E-state index is 11.3. The van der Waals surface area contributed by atoms with E-state index in [-0.39, 0.29) is 6.61 Å². The Morgan fingerprint density at radius 2 is 2.18 bits per heavy atom. The molecule has 0 aliphatic carbocycles. The number of hydrogen-bond donors (Lipinski definition) is 1. The predicted octanol–water partition coefficient (Wildman–Crippen LogP) is 1.92. The summed E-state index contributed by atoms with van der Waals surface area (Å²) in [6.45, 7) is 3.47. The molecule has 5 heteroatoms. The van der Waals surface area contributed by atoms with Crippen molar-refractivity contribution in [3.05, 3.63) is 28.8 Å². The van der Waals surface area contributed by atoms with Gasteiger partial charge in [0.25, 0.3) is 0 Å². The predicted molar refractivity (Wildman–Crippen MR) is 66.3 cm³/mol. The lowest BCUT2D eigenvalue weighted by molar-refractivity contribution is -0.147. The van der Waals surface area contributed by atoms with Crippen LogP contribution in [-0.2, 0) is 9.53 Å². The molecule has 1 rings (SSSR count). The van der Waals surface area contributed by atoms with Gasteiger partial charge in [0, 0.05) is 5.02 Å². The van der Waals surface area contributed by atoms with Crippen LogP contribution in [0.1, 0.15) is 12.5 Å². The summed E-state index contributed by atoms with van der Waals surface area (Å²) < 4.78 is 10.0. The Hall–Kier alpha value is -1.26. The number of methoxy groups -OCH3 is 1. The van der Waals surface area contributed by atoms with Gasteiger partial charge in [-0.25, -0.2) is 4.79 Å². The third-order valence-corrected chi connectivity index (χ3v) is 2.74. The van der Waals surface area contributed by atoms with Crippen molar-refractivity contribution in [3.8, 4) is 5.75 Å². The number of benzene rings is 1. The number of esters is 1. The fraction of sp³-hybridized carbons (Fsp3) is 0.417. The van der Waals surface area contributed by atoms with Crippen LogP contribution in [0.4, 0.5) is 0 Å². The minimum absolute atomic E-state index is 0.0424. The minimum Gasteiger partial charge on any atom is -0.491 e. The van der Waals surface area contributed by atoms with Crippen molar-refractivity contribution < 1.29 is 14.3 Å². The molecule has 4 nitrogen and oxygen atoms in total. The largest absolute Gasteiger partial charge is 0.491 e. The van der Waals surface area contributed by atoms with Gasteiger partial charge in [-0.3, -0.25) is 0 Å². The Balaban J connectivity index is 2.67. The summed E-state index contributed by atoms with van der Waals surface area (Å²) in [5.41, 5.74) is 5.50. The molecule has 1 aromatic rings. The van der Waals surface area contributed by atoms with Gasteiger partial charge < -0.3 is 15.2 Å². The van der Waals surface area contributed by atoms with Crippen LogP contribution in [0.3, 0.4) is 0 Å². The number of rotatable bonds is 4. The van der Waals surface area contributed by atoms with Gasteiger partial charge in [-0.05, 0) is 37.6 Å². The first-order valence-electron chi connectivity index (χ1n) is 5.13.